The zero-order valence-electron chi connectivity index (χ0n) is 11.7. The molecule has 0 unspecified atom stereocenters. The van der Waals surface area contributed by atoms with Crippen molar-refractivity contribution in [3.8, 4) is 11.5 Å². The van der Waals surface area contributed by atoms with Gasteiger partial charge in [0.15, 0.2) is 5.75 Å². The summed E-state index contributed by atoms with van der Waals surface area (Å²) in [6.45, 7) is 10.9. The molecule has 0 saturated heterocycles. The van der Waals surface area contributed by atoms with Crippen LogP contribution in [0.25, 0.3) is 0 Å². The Balaban J connectivity index is 3.35. The molecule has 1 aromatic rings. The Hall–Kier alpha value is -1.71. The van der Waals surface area contributed by atoms with Gasteiger partial charge < -0.3 is 5.11 Å². The average molecular weight is 252 g/mol. The standard InChI is InChI=1S/C14H20O4/c1-8-7-11(18-17-10(3)15)12(14(4,5)6)9(2)13(8)16/h7,16H,1-6H3. The largest absolute Gasteiger partial charge is 0.507 e. The van der Waals surface area contributed by atoms with Crippen LogP contribution in [0.1, 0.15) is 44.4 Å². The van der Waals surface area contributed by atoms with Crippen molar-refractivity contribution >= 4 is 5.97 Å². The van der Waals surface area contributed by atoms with Crippen molar-refractivity contribution in [2.45, 2.75) is 47.0 Å². The third-order valence-electron chi connectivity index (χ3n) is 2.70. The molecule has 1 N–H and O–H groups in total. The number of benzene rings is 1. The maximum absolute atomic E-state index is 10.8. The van der Waals surface area contributed by atoms with Crippen LogP contribution in [0.3, 0.4) is 0 Å². The number of hydrogen-bond acceptors (Lipinski definition) is 4. The number of carbonyl (C=O) groups excluding carboxylic acids is 1. The summed E-state index contributed by atoms with van der Waals surface area (Å²) in [6, 6.07) is 1.67. The molecule has 0 saturated carbocycles. The van der Waals surface area contributed by atoms with Gasteiger partial charge in [-0.1, -0.05) is 20.8 Å². The molecule has 4 heteroatoms. The SMILES string of the molecule is CC(=O)OOc1cc(C)c(O)c(C)c1C(C)(C)C. The number of rotatable bonds is 2. The third-order valence-corrected chi connectivity index (χ3v) is 2.70. The topological polar surface area (TPSA) is 55.8 Å². The molecule has 0 bridgehead atoms. The van der Waals surface area contributed by atoms with E-state index in [4.69, 9.17) is 4.89 Å². The minimum absolute atomic E-state index is 0.231. The highest BCUT2D eigenvalue weighted by Gasteiger charge is 2.25. The average Bonchev–Trinajstić information content (AvgIpc) is 2.20. The van der Waals surface area contributed by atoms with E-state index in [-0.39, 0.29) is 11.2 Å². The van der Waals surface area contributed by atoms with Gasteiger partial charge in [-0.15, -0.1) is 0 Å². The van der Waals surface area contributed by atoms with Crippen LogP contribution in [-0.2, 0) is 15.1 Å². The maximum Gasteiger partial charge on any atom is 0.352 e. The molecule has 0 atom stereocenters. The predicted octanol–water partition coefficient (Wildman–Crippen LogP) is 3.16. The third kappa shape index (κ3) is 2.94. The van der Waals surface area contributed by atoms with Crippen LogP contribution in [0.15, 0.2) is 6.07 Å². The van der Waals surface area contributed by atoms with Crippen LogP contribution in [0.5, 0.6) is 11.5 Å². The summed E-state index contributed by atoms with van der Waals surface area (Å²) in [5.74, 6) is 0.193. The molecule has 100 valence electrons. The first kappa shape index (κ1) is 14.4. The predicted molar refractivity (Wildman–Crippen MR) is 68.7 cm³/mol. The van der Waals surface area contributed by atoms with E-state index in [2.05, 4.69) is 4.89 Å². The molecule has 0 aromatic heterocycles. The van der Waals surface area contributed by atoms with E-state index in [0.29, 0.717) is 11.3 Å². The highest BCUT2D eigenvalue weighted by molar-refractivity contribution is 5.65. The molecule has 0 fully saturated rings. The van der Waals surface area contributed by atoms with E-state index in [1.54, 1.807) is 13.0 Å². The molecule has 0 spiro atoms. The normalized spacial score (nSPS) is 11.2. The first-order valence-electron chi connectivity index (χ1n) is 5.83. The smallest absolute Gasteiger partial charge is 0.352 e. The van der Waals surface area contributed by atoms with E-state index in [9.17, 15) is 9.90 Å². The Morgan fingerprint density at radius 1 is 1.28 bits per heavy atom. The van der Waals surface area contributed by atoms with Crippen molar-refractivity contribution in [3.63, 3.8) is 0 Å². The summed E-state index contributed by atoms with van der Waals surface area (Å²) in [4.78, 5) is 20.5. The zero-order chi connectivity index (χ0) is 14.1. The highest BCUT2D eigenvalue weighted by atomic mass is 17.2. The maximum atomic E-state index is 10.8. The quantitative estimate of drug-likeness (QED) is 0.649. The van der Waals surface area contributed by atoms with E-state index in [1.165, 1.54) is 6.92 Å². The van der Waals surface area contributed by atoms with Gasteiger partial charge in [0.1, 0.15) is 5.75 Å². The lowest BCUT2D eigenvalue weighted by atomic mass is 9.82. The second kappa shape index (κ2) is 4.88. The number of aryl methyl sites for hydroxylation is 1. The van der Waals surface area contributed by atoms with E-state index in [0.717, 1.165) is 11.1 Å². The highest BCUT2D eigenvalue weighted by Crippen LogP contribution is 2.40. The van der Waals surface area contributed by atoms with Crippen LogP contribution >= 0.6 is 0 Å². The van der Waals surface area contributed by atoms with Crippen molar-refractivity contribution in [2.24, 2.45) is 0 Å². The fraction of sp³-hybridized carbons (Fsp3) is 0.500. The molecule has 18 heavy (non-hydrogen) atoms. The molecule has 0 heterocycles. The van der Waals surface area contributed by atoms with Gasteiger partial charge in [0.05, 0.1) is 0 Å². The van der Waals surface area contributed by atoms with Gasteiger partial charge in [-0.25, -0.2) is 4.79 Å². The molecule has 0 aliphatic carbocycles. The minimum Gasteiger partial charge on any atom is -0.507 e. The second-order valence-electron chi connectivity index (χ2n) is 5.45. The molecule has 1 rings (SSSR count). The number of carbonyl (C=O) groups is 1. The summed E-state index contributed by atoms with van der Waals surface area (Å²) < 4.78 is 0. The van der Waals surface area contributed by atoms with Gasteiger partial charge in [-0.2, -0.15) is 0 Å². The lowest BCUT2D eigenvalue weighted by Crippen LogP contribution is -2.17. The van der Waals surface area contributed by atoms with Gasteiger partial charge >= 0.3 is 5.97 Å². The first-order valence-corrected chi connectivity index (χ1v) is 5.83. The van der Waals surface area contributed by atoms with Crippen LogP contribution < -0.4 is 4.89 Å². The molecule has 0 aliphatic heterocycles. The molecule has 4 nitrogen and oxygen atoms in total. The van der Waals surface area contributed by atoms with Crippen LogP contribution in [0.4, 0.5) is 0 Å². The summed E-state index contributed by atoms with van der Waals surface area (Å²) in [6.07, 6.45) is 0. The van der Waals surface area contributed by atoms with Crippen molar-refractivity contribution < 1.29 is 19.7 Å². The van der Waals surface area contributed by atoms with Crippen molar-refractivity contribution in [3.05, 3.63) is 22.8 Å². The second-order valence-corrected chi connectivity index (χ2v) is 5.45. The number of phenols is 1. The summed E-state index contributed by atoms with van der Waals surface area (Å²) in [5, 5.41) is 9.99. The van der Waals surface area contributed by atoms with Crippen molar-refractivity contribution in [2.75, 3.05) is 0 Å². The van der Waals surface area contributed by atoms with Crippen LogP contribution in [-0.4, -0.2) is 11.1 Å². The Labute approximate surface area is 107 Å². The molecule has 0 amide bonds. The van der Waals surface area contributed by atoms with Gasteiger partial charge in [0.2, 0.25) is 0 Å². The zero-order valence-corrected chi connectivity index (χ0v) is 11.7. The van der Waals surface area contributed by atoms with Gasteiger partial charge in [0, 0.05) is 12.5 Å². The van der Waals surface area contributed by atoms with Gasteiger partial charge in [-0.05, 0) is 36.5 Å². The summed E-state index contributed by atoms with van der Waals surface area (Å²) in [7, 11) is 0. The number of hydrogen-bond donors (Lipinski definition) is 1. The molecular formula is C14H20O4. The van der Waals surface area contributed by atoms with E-state index >= 15 is 0 Å². The van der Waals surface area contributed by atoms with Gasteiger partial charge in [0.25, 0.3) is 0 Å². The van der Waals surface area contributed by atoms with Crippen LogP contribution in [0.2, 0.25) is 0 Å². The Bertz CT molecular complexity index is 470. The van der Waals surface area contributed by atoms with Crippen LogP contribution in [0, 0.1) is 13.8 Å². The van der Waals surface area contributed by atoms with E-state index < -0.39 is 5.97 Å². The fourth-order valence-electron chi connectivity index (χ4n) is 2.04. The molecule has 0 aliphatic rings. The Morgan fingerprint density at radius 2 is 1.83 bits per heavy atom. The Morgan fingerprint density at radius 3 is 2.28 bits per heavy atom. The Kier molecular flexibility index (Phi) is 3.89. The monoisotopic (exact) mass is 252 g/mol. The minimum atomic E-state index is -0.516. The van der Waals surface area contributed by atoms with E-state index in [1.807, 2.05) is 27.7 Å². The molecular weight excluding hydrogens is 232 g/mol. The lowest BCUT2D eigenvalue weighted by molar-refractivity contribution is -0.211. The van der Waals surface area contributed by atoms with Crippen molar-refractivity contribution in [1.29, 1.82) is 0 Å². The fourth-order valence-corrected chi connectivity index (χ4v) is 2.04. The summed E-state index contributed by atoms with van der Waals surface area (Å²) >= 11 is 0. The van der Waals surface area contributed by atoms with Gasteiger partial charge in [-0.3, -0.25) is 9.78 Å². The molecule has 0 radical (unpaired) electrons. The number of phenolic OH excluding ortho intramolecular Hbond substituents is 1. The summed E-state index contributed by atoms with van der Waals surface area (Å²) in [5.41, 5.74) is 2.02. The number of aromatic hydroxyl groups is 1. The first-order chi connectivity index (χ1) is 8.14. The lowest BCUT2D eigenvalue weighted by Gasteiger charge is -2.25. The molecule has 1 aromatic carbocycles. The van der Waals surface area contributed by atoms with Crippen molar-refractivity contribution in [1.82, 2.24) is 0 Å².